The van der Waals surface area contributed by atoms with Crippen LogP contribution in [0.4, 0.5) is 0 Å². The van der Waals surface area contributed by atoms with Crippen molar-refractivity contribution < 1.29 is 0 Å². The molecule has 2 rings (SSSR count). The molecule has 0 aromatic carbocycles. The SMILES string of the molecule is C=CCC12CC1C2. The Bertz CT molecular complexity index is 107. The lowest BCUT2D eigenvalue weighted by Crippen LogP contribution is -1.79. The van der Waals surface area contributed by atoms with Crippen molar-refractivity contribution in [3.05, 3.63) is 12.7 Å². The maximum atomic E-state index is 3.71. The zero-order valence-electron chi connectivity index (χ0n) is 4.48. The second kappa shape index (κ2) is 0.795. The summed E-state index contributed by atoms with van der Waals surface area (Å²) in [6.45, 7) is 3.71. The summed E-state index contributed by atoms with van der Waals surface area (Å²) in [5.41, 5.74) is 0.849. The van der Waals surface area contributed by atoms with Gasteiger partial charge in [0.05, 0.1) is 0 Å². The molecule has 0 nitrogen and oxygen atoms in total. The topological polar surface area (TPSA) is 0 Å². The van der Waals surface area contributed by atoms with Gasteiger partial charge < -0.3 is 0 Å². The summed E-state index contributed by atoms with van der Waals surface area (Å²) in [5, 5.41) is 0. The van der Waals surface area contributed by atoms with Gasteiger partial charge in [0.2, 0.25) is 0 Å². The van der Waals surface area contributed by atoms with Gasteiger partial charge in [-0.25, -0.2) is 0 Å². The van der Waals surface area contributed by atoms with Crippen LogP contribution in [0.5, 0.6) is 0 Å². The second-order valence-electron chi connectivity index (χ2n) is 2.96. The van der Waals surface area contributed by atoms with Gasteiger partial charge in [-0.15, -0.1) is 6.58 Å². The molecular formula is C7H10. The molecule has 0 bridgehead atoms. The third kappa shape index (κ3) is 0.324. The minimum absolute atomic E-state index is 0.849. The summed E-state index contributed by atoms with van der Waals surface area (Å²) in [7, 11) is 0. The predicted molar refractivity (Wildman–Crippen MR) is 30.0 cm³/mol. The first-order chi connectivity index (χ1) is 3.37. The Morgan fingerprint density at radius 3 is 2.43 bits per heavy atom. The maximum Gasteiger partial charge on any atom is -0.0229 e. The van der Waals surface area contributed by atoms with Crippen LogP contribution >= 0.6 is 0 Å². The Morgan fingerprint density at radius 2 is 2.29 bits per heavy atom. The highest BCUT2D eigenvalue weighted by atomic mass is 14.7. The van der Waals surface area contributed by atoms with Gasteiger partial charge in [-0.2, -0.15) is 0 Å². The highest BCUT2D eigenvalue weighted by molar-refractivity contribution is 5.20. The highest BCUT2D eigenvalue weighted by Crippen LogP contribution is 2.77. The summed E-state index contributed by atoms with van der Waals surface area (Å²) < 4.78 is 0. The van der Waals surface area contributed by atoms with Crippen LogP contribution in [-0.2, 0) is 0 Å². The Hall–Kier alpha value is -0.260. The van der Waals surface area contributed by atoms with E-state index in [9.17, 15) is 0 Å². The molecule has 0 spiro atoms. The first-order valence-electron chi connectivity index (χ1n) is 2.98. The van der Waals surface area contributed by atoms with Crippen LogP contribution < -0.4 is 0 Å². The lowest BCUT2D eigenvalue weighted by atomic mass is 10.1. The molecule has 7 heavy (non-hydrogen) atoms. The minimum Gasteiger partial charge on any atom is -0.103 e. The quantitative estimate of drug-likeness (QED) is 0.459. The van der Waals surface area contributed by atoms with E-state index in [-0.39, 0.29) is 0 Å². The molecule has 0 saturated heterocycles. The molecule has 2 fully saturated rings. The van der Waals surface area contributed by atoms with Crippen molar-refractivity contribution in [2.45, 2.75) is 19.3 Å². The first kappa shape index (κ1) is 3.71. The Labute approximate surface area is 44.2 Å². The molecule has 2 aliphatic rings. The summed E-state index contributed by atoms with van der Waals surface area (Å²) >= 11 is 0. The number of rotatable bonds is 2. The highest BCUT2D eigenvalue weighted by Gasteiger charge is 2.67. The van der Waals surface area contributed by atoms with Gasteiger partial charge in [0.15, 0.2) is 0 Å². The third-order valence-electron chi connectivity index (χ3n) is 2.40. The smallest absolute Gasteiger partial charge is 0.0229 e. The summed E-state index contributed by atoms with van der Waals surface area (Å²) in [4.78, 5) is 0. The molecule has 0 atom stereocenters. The van der Waals surface area contributed by atoms with Gasteiger partial charge >= 0.3 is 0 Å². The van der Waals surface area contributed by atoms with E-state index in [0.717, 1.165) is 11.3 Å². The normalized spacial score (nSPS) is 52.9. The van der Waals surface area contributed by atoms with Gasteiger partial charge in [0.25, 0.3) is 0 Å². The van der Waals surface area contributed by atoms with Crippen LogP contribution in [-0.4, -0.2) is 0 Å². The van der Waals surface area contributed by atoms with Crippen molar-refractivity contribution in [3.8, 4) is 0 Å². The monoisotopic (exact) mass is 94.1 g/mol. The molecule has 0 aromatic heterocycles. The van der Waals surface area contributed by atoms with Crippen molar-refractivity contribution in [1.82, 2.24) is 0 Å². The standard InChI is InChI=1S/C7H10/c1-2-3-7-4-6(7)5-7/h2,6H,1,3-5H2. The molecule has 2 saturated carbocycles. The summed E-state index contributed by atoms with van der Waals surface area (Å²) in [6, 6.07) is 0. The third-order valence-corrected chi connectivity index (χ3v) is 2.40. The van der Waals surface area contributed by atoms with Gasteiger partial charge in [0, 0.05) is 0 Å². The molecule has 0 heteroatoms. The lowest BCUT2D eigenvalue weighted by Gasteiger charge is -1.91. The maximum absolute atomic E-state index is 3.71. The Morgan fingerprint density at radius 1 is 1.71 bits per heavy atom. The van der Waals surface area contributed by atoms with E-state index >= 15 is 0 Å². The molecule has 0 unspecified atom stereocenters. The molecule has 0 N–H and O–H groups in total. The molecule has 0 aromatic rings. The largest absolute Gasteiger partial charge is 0.103 e. The van der Waals surface area contributed by atoms with Gasteiger partial charge in [-0.1, -0.05) is 6.08 Å². The fraction of sp³-hybridized carbons (Fsp3) is 0.714. The molecule has 0 heterocycles. The van der Waals surface area contributed by atoms with Crippen molar-refractivity contribution in [3.63, 3.8) is 0 Å². The Kier molecular flexibility index (Phi) is 0.421. The number of fused-ring (bicyclic) bond motifs is 1. The molecule has 2 aliphatic carbocycles. The van der Waals surface area contributed by atoms with Crippen molar-refractivity contribution >= 4 is 0 Å². The van der Waals surface area contributed by atoms with E-state index in [4.69, 9.17) is 0 Å². The van der Waals surface area contributed by atoms with E-state index in [1.807, 2.05) is 0 Å². The average Bonchev–Trinajstić information content (AvgIpc) is 2.22. The number of hydrogen-bond acceptors (Lipinski definition) is 0. The fourth-order valence-corrected chi connectivity index (χ4v) is 1.42. The van der Waals surface area contributed by atoms with Crippen LogP contribution in [0.3, 0.4) is 0 Å². The van der Waals surface area contributed by atoms with Crippen molar-refractivity contribution in [2.75, 3.05) is 0 Å². The van der Waals surface area contributed by atoms with Crippen LogP contribution in [0.25, 0.3) is 0 Å². The lowest BCUT2D eigenvalue weighted by molar-refractivity contribution is 0.660. The van der Waals surface area contributed by atoms with Crippen LogP contribution in [0, 0.1) is 11.3 Å². The predicted octanol–water partition coefficient (Wildman–Crippen LogP) is 1.97. The molecule has 0 radical (unpaired) electrons. The van der Waals surface area contributed by atoms with Crippen molar-refractivity contribution in [1.29, 1.82) is 0 Å². The first-order valence-corrected chi connectivity index (χ1v) is 2.98. The van der Waals surface area contributed by atoms with E-state index in [0.29, 0.717) is 0 Å². The minimum atomic E-state index is 0.849. The van der Waals surface area contributed by atoms with E-state index in [1.165, 1.54) is 19.3 Å². The second-order valence-corrected chi connectivity index (χ2v) is 2.96. The van der Waals surface area contributed by atoms with Gasteiger partial charge in [0.1, 0.15) is 0 Å². The fourth-order valence-electron chi connectivity index (χ4n) is 1.42. The van der Waals surface area contributed by atoms with E-state index in [1.54, 1.807) is 0 Å². The molecule has 38 valence electrons. The summed E-state index contributed by atoms with van der Waals surface area (Å²) in [5.74, 6) is 1.14. The summed E-state index contributed by atoms with van der Waals surface area (Å²) in [6.07, 6.45) is 6.38. The van der Waals surface area contributed by atoms with Gasteiger partial charge in [-0.05, 0) is 30.6 Å². The van der Waals surface area contributed by atoms with Crippen LogP contribution in [0.2, 0.25) is 0 Å². The van der Waals surface area contributed by atoms with E-state index < -0.39 is 0 Å². The average molecular weight is 94.2 g/mol. The number of allylic oxidation sites excluding steroid dienone is 1. The molecule has 0 aliphatic heterocycles. The van der Waals surface area contributed by atoms with Crippen LogP contribution in [0.1, 0.15) is 19.3 Å². The van der Waals surface area contributed by atoms with Crippen molar-refractivity contribution in [2.24, 2.45) is 11.3 Å². The Balaban J connectivity index is 1.97. The van der Waals surface area contributed by atoms with Crippen LogP contribution in [0.15, 0.2) is 12.7 Å². The molecular weight excluding hydrogens is 84.1 g/mol. The number of hydrogen-bond donors (Lipinski definition) is 0. The molecule has 0 amide bonds. The van der Waals surface area contributed by atoms with Gasteiger partial charge in [-0.3, -0.25) is 0 Å². The zero-order chi connectivity index (χ0) is 4.91. The zero-order valence-corrected chi connectivity index (χ0v) is 4.48. The van der Waals surface area contributed by atoms with E-state index in [2.05, 4.69) is 12.7 Å².